The van der Waals surface area contributed by atoms with Crippen molar-refractivity contribution in [1.82, 2.24) is 0 Å². The Hall–Kier alpha value is 1.44. The number of hydrogen-bond donors (Lipinski definition) is 0. The standard InChI is InChI=1S/2C9H21P.CH2O.ClH.Ru/c2*1-7(2)10(8(3)4)9(5)6;1-2;;/h2*7-9H,1-6H3;1H2;1H;. The molecule has 0 amide bonds. The molecule has 1 nitrogen and oxygen atoms in total. The summed E-state index contributed by atoms with van der Waals surface area (Å²) in [6, 6.07) is 0. The second-order valence-electron chi connectivity index (χ2n) is 7.46. The summed E-state index contributed by atoms with van der Waals surface area (Å²) in [4.78, 5) is 8.00. The normalized spacial score (nSPS) is 10.7. The van der Waals surface area contributed by atoms with Gasteiger partial charge in [-0.1, -0.05) is 98.9 Å². The molecule has 0 saturated carbocycles. The number of halogens is 1. The SMILES string of the molecule is C=O.CC(C)P(C(C)C)C(C)C.CC(C)P(C(C)C)C(C)C.Cl.[Ru]. The minimum atomic E-state index is 0. The van der Waals surface area contributed by atoms with E-state index >= 15 is 0 Å². The van der Waals surface area contributed by atoms with Crippen LogP contribution in [0.25, 0.3) is 0 Å². The summed E-state index contributed by atoms with van der Waals surface area (Å²) >= 11 is 0. The van der Waals surface area contributed by atoms with Gasteiger partial charge in [-0.15, -0.1) is 12.4 Å². The Bertz CT molecular complexity index is 185. The Labute approximate surface area is 176 Å². The molecule has 0 aliphatic carbocycles. The van der Waals surface area contributed by atoms with Gasteiger partial charge < -0.3 is 4.79 Å². The van der Waals surface area contributed by atoms with E-state index in [0.717, 1.165) is 34.0 Å². The van der Waals surface area contributed by atoms with Crippen LogP contribution in [0.5, 0.6) is 0 Å². The predicted molar refractivity (Wildman–Crippen MR) is 119 cm³/mol. The Kier molecular flexibility index (Phi) is 31.5. The van der Waals surface area contributed by atoms with Gasteiger partial charge >= 0.3 is 0 Å². The first-order valence-electron chi connectivity index (χ1n) is 8.77. The van der Waals surface area contributed by atoms with E-state index in [1.165, 1.54) is 0 Å². The van der Waals surface area contributed by atoms with E-state index in [-0.39, 0.29) is 47.7 Å². The van der Waals surface area contributed by atoms with Gasteiger partial charge in [-0.25, -0.2) is 0 Å². The van der Waals surface area contributed by atoms with E-state index in [4.69, 9.17) is 4.79 Å². The molecule has 0 atom stereocenters. The Morgan fingerprint density at radius 3 is 0.542 bits per heavy atom. The molecular weight excluding hydrogens is 443 g/mol. The maximum absolute atomic E-state index is 8.00. The van der Waals surface area contributed by atoms with Crippen LogP contribution in [0, 0.1) is 0 Å². The first kappa shape index (κ1) is 36.4. The summed E-state index contributed by atoms with van der Waals surface area (Å²) in [5.74, 6) is 0. The average molecular weight is 488 g/mol. The maximum Gasteiger partial charge on any atom is 0.106 e. The van der Waals surface area contributed by atoms with Crippen LogP contribution in [0.2, 0.25) is 0 Å². The molecule has 0 radical (unpaired) electrons. The van der Waals surface area contributed by atoms with Gasteiger partial charge in [0.05, 0.1) is 0 Å². The van der Waals surface area contributed by atoms with Gasteiger partial charge in [0.15, 0.2) is 0 Å². The molecule has 0 heterocycles. The monoisotopic (exact) mass is 488 g/mol. The van der Waals surface area contributed by atoms with Crippen molar-refractivity contribution in [3.63, 3.8) is 0 Å². The summed E-state index contributed by atoms with van der Waals surface area (Å²) in [5, 5.41) is 0. The summed E-state index contributed by atoms with van der Waals surface area (Å²) in [6.45, 7) is 30.2. The zero-order valence-electron chi connectivity index (χ0n) is 18.2. The second-order valence-corrected chi connectivity index (χ2v) is 15.4. The fraction of sp³-hybridized carbons (Fsp3) is 0.947. The smallest absolute Gasteiger partial charge is 0.106 e. The van der Waals surface area contributed by atoms with Gasteiger partial charge in [0.2, 0.25) is 0 Å². The molecule has 0 unspecified atom stereocenters. The third-order valence-electron chi connectivity index (χ3n) is 3.58. The molecule has 0 aromatic rings. The maximum atomic E-state index is 8.00. The minimum absolute atomic E-state index is 0. The van der Waals surface area contributed by atoms with Gasteiger partial charge in [-0.2, -0.15) is 0 Å². The van der Waals surface area contributed by atoms with E-state index in [9.17, 15) is 0 Å². The van der Waals surface area contributed by atoms with Gasteiger partial charge in [0.25, 0.3) is 0 Å². The summed E-state index contributed by atoms with van der Waals surface area (Å²) in [7, 11) is 0.525. The topological polar surface area (TPSA) is 17.1 Å². The third-order valence-corrected chi connectivity index (χ3v) is 10.7. The molecule has 5 heteroatoms. The number of rotatable bonds is 6. The summed E-state index contributed by atoms with van der Waals surface area (Å²) in [6.07, 6.45) is 0. The largest absolute Gasteiger partial charge is 0.307 e. The summed E-state index contributed by atoms with van der Waals surface area (Å²) in [5.41, 5.74) is 5.39. The molecule has 152 valence electrons. The summed E-state index contributed by atoms with van der Waals surface area (Å²) < 4.78 is 0. The van der Waals surface area contributed by atoms with Crippen molar-refractivity contribution in [2.45, 2.75) is 117 Å². The molecule has 0 fully saturated rings. The first-order chi connectivity index (χ1) is 9.93. The van der Waals surface area contributed by atoms with Crippen molar-refractivity contribution < 1.29 is 24.3 Å². The second kappa shape index (κ2) is 20.8. The van der Waals surface area contributed by atoms with Gasteiger partial charge in [0.1, 0.15) is 6.79 Å². The number of carbonyl (C=O) groups is 1. The van der Waals surface area contributed by atoms with E-state index in [1.54, 1.807) is 0 Å². The van der Waals surface area contributed by atoms with E-state index in [2.05, 4.69) is 83.1 Å². The van der Waals surface area contributed by atoms with Crippen molar-refractivity contribution in [3.05, 3.63) is 0 Å². The van der Waals surface area contributed by atoms with Crippen molar-refractivity contribution in [3.8, 4) is 0 Å². The zero-order valence-corrected chi connectivity index (χ0v) is 22.6. The third kappa shape index (κ3) is 18.2. The fourth-order valence-corrected chi connectivity index (χ4v) is 10.7. The van der Waals surface area contributed by atoms with E-state index in [0.29, 0.717) is 0 Å². The molecule has 0 spiro atoms. The van der Waals surface area contributed by atoms with Crippen LogP contribution >= 0.6 is 28.3 Å². The molecule has 0 aliphatic rings. The van der Waals surface area contributed by atoms with Gasteiger partial charge in [0, 0.05) is 19.5 Å². The van der Waals surface area contributed by atoms with Crippen molar-refractivity contribution in [2.24, 2.45) is 0 Å². The Morgan fingerprint density at radius 1 is 0.458 bits per heavy atom. The van der Waals surface area contributed by atoms with Gasteiger partial charge in [-0.05, 0) is 34.0 Å². The average Bonchev–Trinajstić information content (AvgIpc) is 2.28. The zero-order chi connectivity index (χ0) is 18.6. The molecule has 0 aliphatic heterocycles. The molecular formula is C19H45ClOP2Ru. The Morgan fingerprint density at radius 2 is 0.542 bits per heavy atom. The quantitative estimate of drug-likeness (QED) is 0.278. The van der Waals surface area contributed by atoms with Crippen LogP contribution in [0.3, 0.4) is 0 Å². The molecule has 0 N–H and O–H groups in total. The Balaban J connectivity index is -0.0000000843. The number of hydrogen-bond acceptors (Lipinski definition) is 1. The first-order valence-corrected chi connectivity index (χ1v) is 11.9. The molecule has 24 heavy (non-hydrogen) atoms. The molecule has 0 rings (SSSR count). The minimum Gasteiger partial charge on any atom is -0.307 e. The van der Waals surface area contributed by atoms with Crippen molar-refractivity contribution in [2.75, 3.05) is 0 Å². The molecule has 0 saturated heterocycles. The fourth-order valence-electron chi connectivity index (χ4n) is 3.58. The van der Waals surface area contributed by atoms with E-state index in [1.807, 2.05) is 6.79 Å². The van der Waals surface area contributed by atoms with Crippen LogP contribution in [0.4, 0.5) is 0 Å². The predicted octanol–water partition coefficient (Wildman–Crippen LogP) is 7.62. The van der Waals surface area contributed by atoms with Crippen LogP contribution in [-0.2, 0) is 24.3 Å². The number of carbonyl (C=O) groups excluding carboxylic acids is 1. The molecule has 0 bridgehead atoms. The van der Waals surface area contributed by atoms with E-state index < -0.39 is 0 Å². The van der Waals surface area contributed by atoms with Crippen molar-refractivity contribution in [1.29, 1.82) is 0 Å². The molecule has 0 aromatic carbocycles. The van der Waals surface area contributed by atoms with Crippen LogP contribution in [0.1, 0.15) is 83.1 Å². The van der Waals surface area contributed by atoms with Crippen LogP contribution < -0.4 is 0 Å². The van der Waals surface area contributed by atoms with Crippen LogP contribution in [-0.4, -0.2) is 40.7 Å². The van der Waals surface area contributed by atoms with Gasteiger partial charge in [-0.3, -0.25) is 0 Å². The molecule has 0 aromatic heterocycles. The van der Waals surface area contributed by atoms with Crippen molar-refractivity contribution >= 4 is 35.0 Å². The van der Waals surface area contributed by atoms with Crippen LogP contribution in [0.15, 0.2) is 0 Å².